The molecule has 8 heteroatoms. The molecule has 29 heavy (non-hydrogen) atoms. The van der Waals surface area contributed by atoms with Crippen LogP contribution in [0, 0.1) is 0 Å². The Morgan fingerprint density at radius 1 is 1.28 bits per heavy atom. The zero-order chi connectivity index (χ0) is 21.4. The minimum absolute atomic E-state index is 0.723. The maximum absolute atomic E-state index is 10.6. The van der Waals surface area contributed by atoms with Gasteiger partial charge in [0.2, 0.25) is 0 Å². The number of carboxylic acid groups (broad SMARTS) is 1. The highest BCUT2D eigenvalue weighted by Crippen LogP contribution is 2.35. The van der Waals surface area contributed by atoms with Crippen LogP contribution in [0.25, 0.3) is 15.7 Å². The number of carboxylic acids is 1. The topological polar surface area (TPSA) is 49.8 Å². The van der Waals surface area contributed by atoms with Gasteiger partial charge >= 0.3 is 12.1 Å². The Hall–Kier alpha value is -2.06. The van der Waals surface area contributed by atoms with E-state index in [1.54, 1.807) is 0 Å². The average molecular weight is 430 g/mol. The second-order valence-corrected chi connectivity index (χ2v) is 7.76. The molecule has 0 saturated heterocycles. The molecule has 1 N–H and O–H groups in total. The second kappa shape index (κ2) is 10.6. The van der Waals surface area contributed by atoms with E-state index in [0.717, 1.165) is 18.9 Å². The highest BCUT2D eigenvalue weighted by atomic mass is 32.1. The fourth-order valence-electron chi connectivity index (χ4n) is 2.96. The fourth-order valence-corrected chi connectivity index (χ4v) is 4.07. The van der Waals surface area contributed by atoms with Gasteiger partial charge in [0.05, 0.1) is 6.61 Å². The number of hydrogen-bond acceptors (Lipinski definition) is 4. The molecule has 0 bridgehead atoms. The molecule has 2 aromatic rings. The molecule has 0 unspecified atom stereocenters. The van der Waals surface area contributed by atoms with E-state index in [1.165, 1.54) is 52.9 Å². The molecule has 1 aromatic heterocycles. The van der Waals surface area contributed by atoms with E-state index in [1.807, 2.05) is 18.3 Å². The summed E-state index contributed by atoms with van der Waals surface area (Å²) >= 11 is 1.91. The molecule has 2 heterocycles. The van der Waals surface area contributed by atoms with Crippen LogP contribution in [0.4, 0.5) is 13.2 Å². The Kier molecular flexibility index (Phi) is 8.52. The van der Waals surface area contributed by atoms with Gasteiger partial charge in [-0.3, -0.25) is 4.90 Å². The standard InChI is InChI=1S/C19H25NOS.C2HF3O2/c1-3-5-10-20-11-8-15(9-12-20)19-14-16-13-17(21-4-2)6-7-18(16)22-19;3-2(4,5)1(6)7/h6-8,13-14H,3-5,9-12H2,1-2H3;(H,6,7). The largest absolute Gasteiger partial charge is 0.494 e. The van der Waals surface area contributed by atoms with Gasteiger partial charge in [0.1, 0.15) is 5.75 Å². The van der Waals surface area contributed by atoms with E-state index >= 15 is 0 Å². The van der Waals surface area contributed by atoms with E-state index in [9.17, 15) is 13.2 Å². The van der Waals surface area contributed by atoms with Gasteiger partial charge in [0, 0.05) is 22.7 Å². The van der Waals surface area contributed by atoms with Crippen LogP contribution in [-0.4, -0.2) is 48.4 Å². The molecule has 160 valence electrons. The summed E-state index contributed by atoms with van der Waals surface area (Å²) < 4.78 is 38.7. The molecule has 0 radical (unpaired) electrons. The van der Waals surface area contributed by atoms with Crippen molar-refractivity contribution in [1.29, 1.82) is 0 Å². The molecule has 0 spiro atoms. The summed E-state index contributed by atoms with van der Waals surface area (Å²) in [4.78, 5) is 12.9. The van der Waals surface area contributed by atoms with E-state index in [2.05, 4.69) is 42.2 Å². The predicted octanol–water partition coefficient (Wildman–Crippen LogP) is 5.82. The Labute approximate surface area is 172 Å². The number of alkyl halides is 3. The van der Waals surface area contributed by atoms with Crippen molar-refractivity contribution in [1.82, 2.24) is 4.90 Å². The van der Waals surface area contributed by atoms with Crippen molar-refractivity contribution >= 4 is 33.0 Å². The van der Waals surface area contributed by atoms with Crippen LogP contribution in [-0.2, 0) is 4.79 Å². The molecule has 0 aliphatic carbocycles. The Morgan fingerprint density at radius 3 is 2.55 bits per heavy atom. The predicted molar refractivity (Wildman–Crippen MR) is 111 cm³/mol. The molecule has 0 saturated carbocycles. The Balaban J connectivity index is 0.000000370. The van der Waals surface area contributed by atoms with Crippen LogP contribution >= 0.6 is 11.3 Å². The van der Waals surface area contributed by atoms with E-state index in [4.69, 9.17) is 14.6 Å². The van der Waals surface area contributed by atoms with Crippen molar-refractivity contribution < 1.29 is 27.8 Å². The third-order valence-corrected chi connectivity index (χ3v) is 5.67. The summed E-state index contributed by atoms with van der Waals surface area (Å²) in [5.41, 5.74) is 1.52. The lowest BCUT2D eigenvalue weighted by Gasteiger charge is -2.25. The molecule has 0 amide bonds. The number of halogens is 3. The first-order valence-corrected chi connectivity index (χ1v) is 10.4. The first-order chi connectivity index (χ1) is 13.7. The number of nitrogens with zero attached hydrogens (tertiary/aromatic N) is 1. The van der Waals surface area contributed by atoms with Crippen molar-refractivity contribution in [3.05, 3.63) is 35.2 Å². The van der Waals surface area contributed by atoms with Crippen molar-refractivity contribution in [2.75, 3.05) is 26.2 Å². The molecular formula is C21H26F3NO3S. The van der Waals surface area contributed by atoms with Gasteiger partial charge in [-0.25, -0.2) is 4.79 Å². The highest BCUT2D eigenvalue weighted by molar-refractivity contribution is 7.20. The van der Waals surface area contributed by atoms with Gasteiger partial charge in [0.25, 0.3) is 0 Å². The second-order valence-electron chi connectivity index (χ2n) is 6.68. The molecule has 1 aliphatic heterocycles. The zero-order valence-corrected chi connectivity index (χ0v) is 17.4. The quantitative estimate of drug-likeness (QED) is 0.628. The molecular weight excluding hydrogens is 403 g/mol. The highest BCUT2D eigenvalue weighted by Gasteiger charge is 2.38. The molecule has 0 fully saturated rings. The number of fused-ring (bicyclic) bond motifs is 1. The number of aliphatic carboxylic acids is 1. The van der Waals surface area contributed by atoms with Crippen LogP contribution < -0.4 is 4.74 Å². The van der Waals surface area contributed by atoms with Crippen molar-refractivity contribution in [3.63, 3.8) is 0 Å². The molecule has 4 nitrogen and oxygen atoms in total. The van der Waals surface area contributed by atoms with Gasteiger partial charge < -0.3 is 9.84 Å². The smallest absolute Gasteiger partial charge is 0.490 e. The first-order valence-electron chi connectivity index (χ1n) is 9.62. The van der Waals surface area contributed by atoms with Gasteiger partial charge in [-0.2, -0.15) is 13.2 Å². The molecule has 3 rings (SSSR count). The SMILES string of the molecule is CCCCN1CC=C(c2cc3cc(OCC)ccc3s2)CC1.O=C(O)C(F)(F)F. The lowest BCUT2D eigenvalue weighted by Crippen LogP contribution is -2.29. The summed E-state index contributed by atoms with van der Waals surface area (Å²) in [7, 11) is 0. The zero-order valence-electron chi connectivity index (χ0n) is 16.6. The number of benzene rings is 1. The lowest BCUT2D eigenvalue weighted by atomic mass is 10.1. The van der Waals surface area contributed by atoms with Gasteiger partial charge in [0.15, 0.2) is 0 Å². The van der Waals surface area contributed by atoms with Gasteiger partial charge in [-0.1, -0.05) is 19.4 Å². The van der Waals surface area contributed by atoms with E-state index in [0.29, 0.717) is 0 Å². The van der Waals surface area contributed by atoms with Crippen LogP contribution in [0.3, 0.4) is 0 Å². The van der Waals surface area contributed by atoms with E-state index < -0.39 is 12.1 Å². The summed E-state index contributed by atoms with van der Waals surface area (Å²) in [5.74, 6) is -1.78. The van der Waals surface area contributed by atoms with Crippen molar-refractivity contribution in [2.45, 2.75) is 39.3 Å². The Bertz CT molecular complexity index is 845. The summed E-state index contributed by atoms with van der Waals surface area (Å²) in [6, 6.07) is 8.76. The average Bonchev–Trinajstić information content (AvgIpc) is 3.10. The minimum atomic E-state index is -5.08. The number of carbonyl (C=O) groups is 1. The fraction of sp³-hybridized carbons (Fsp3) is 0.476. The maximum Gasteiger partial charge on any atom is 0.490 e. The van der Waals surface area contributed by atoms with Gasteiger partial charge in [-0.05, 0) is 61.5 Å². The number of ether oxygens (including phenoxy) is 1. The van der Waals surface area contributed by atoms with Gasteiger partial charge in [-0.15, -0.1) is 11.3 Å². The number of hydrogen-bond donors (Lipinski definition) is 1. The minimum Gasteiger partial charge on any atom is -0.494 e. The van der Waals surface area contributed by atoms with Crippen LogP contribution in [0.2, 0.25) is 0 Å². The monoisotopic (exact) mass is 429 g/mol. The number of unbranched alkanes of at least 4 members (excludes halogenated alkanes) is 1. The third-order valence-electron chi connectivity index (χ3n) is 4.48. The first kappa shape index (κ1) is 23.2. The van der Waals surface area contributed by atoms with Crippen LogP contribution in [0.5, 0.6) is 5.75 Å². The Morgan fingerprint density at radius 2 is 2.00 bits per heavy atom. The molecule has 1 aromatic carbocycles. The third kappa shape index (κ3) is 7.04. The molecule has 1 aliphatic rings. The van der Waals surface area contributed by atoms with E-state index in [-0.39, 0.29) is 0 Å². The number of thiophene rings is 1. The van der Waals surface area contributed by atoms with Crippen molar-refractivity contribution in [3.8, 4) is 5.75 Å². The van der Waals surface area contributed by atoms with Crippen molar-refractivity contribution in [2.24, 2.45) is 0 Å². The number of rotatable bonds is 6. The van der Waals surface area contributed by atoms with Crippen LogP contribution in [0.15, 0.2) is 30.3 Å². The summed E-state index contributed by atoms with van der Waals surface area (Å²) in [6.07, 6.45) is 1.11. The summed E-state index contributed by atoms with van der Waals surface area (Å²) in [6.45, 7) is 8.56. The molecule has 0 atom stereocenters. The normalized spacial score (nSPS) is 14.9. The maximum atomic E-state index is 10.6. The lowest BCUT2D eigenvalue weighted by molar-refractivity contribution is -0.192. The van der Waals surface area contributed by atoms with Crippen LogP contribution in [0.1, 0.15) is 38.0 Å². The summed E-state index contributed by atoms with van der Waals surface area (Å²) in [5, 5.41) is 8.43.